The van der Waals surface area contributed by atoms with Crippen LogP contribution in [-0.4, -0.2) is 74.1 Å². The smallest absolute Gasteiger partial charge is 0.232 e. The van der Waals surface area contributed by atoms with E-state index in [2.05, 4.69) is 61.7 Å². The Morgan fingerprint density at radius 1 is 0.810 bits per heavy atom. The van der Waals surface area contributed by atoms with Crippen molar-refractivity contribution in [3.05, 3.63) is 72.0 Å². The van der Waals surface area contributed by atoms with Gasteiger partial charge in [0.05, 0.1) is 13.2 Å². The monoisotopic (exact) mass is 589 g/mol. The van der Waals surface area contributed by atoms with Crippen LogP contribution in [0.4, 0.5) is 27.7 Å². The minimum Gasteiger partial charge on any atom is -0.378 e. The number of hydrogen-bond acceptors (Lipinski definition) is 7. The second-order valence-corrected chi connectivity index (χ2v) is 11.9. The number of halogens is 1. The van der Waals surface area contributed by atoms with Crippen LogP contribution in [0.3, 0.4) is 0 Å². The molecule has 0 bridgehead atoms. The number of rotatable bonds is 7. The summed E-state index contributed by atoms with van der Waals surface area (Å²) in [5.74, 6) is 2.08. The molecule has 1 aliphatic carbocycles. The van der Waals surface area contributed by atoms with E-state index in [4.69, 9.17) is 26.9 Å². The van der Waals surface area contributed by atoms with Crippen molar-refractivity contribution in [2.24, 2.45) is 0 Å². The predicted octanol–water partition coefficient (Wildman–Crippen LogP) is 4.97. The fourth-order valence-electron chi connectivity index (χ4n) is 6.42. The summed E-state index contributed by atoms with van der Waals surface area (Å²) in [5, 5.41) is 7.27. The number of thiocarbonyl (C=S) groups is 1. The molecule has 0 radical (unpaired) electrons. The average Bonchev–Trinajstić information content (AvgIpc) is 3.05. The van der Waals surface area contributed by atoms with Crippen LogP contribution >= 0.6 is 12.2 Å². The fourth-order valence-corrected chi connectivity index (χ4v) is 6.59. The van der Waals surface area contributed by atoms with E-state index in [1.54, 1.807) is 12.1 Å². The quantitative estimate of drug-likeness (QED) is 0.372. The second kappa shape index (κ2) is 13.2. The van der Waals surface area contributed by atoms with Gasteiger partial charge in [0, 0.05) is 63.0 Å². The van der Waals surface area contributed by atoms with E-state index < -0.39 is 0 Å². The molecule has 0 unspecified atom stereocenters. The molecule has 42 heavy (non-hydrogen) atoms. The van der Waals surface area contributed by atoms with Crippen LogP contribution in [0.25, 0.3) is 0 Å². The van der Waals surface area contributed by atoms with Crippen molar-refractivity contribution in [3.63, 3.8) is 0 Å². The third-order valence-corrected chi connectivity index (χ3v) is 9.09. The molecule has 0 amide bonds. The second-order valence-electron chi connectivity index (χ2n) is 11.5. The van der Waals surface area contributed by atoms with Gasteiger partial charge in [-0.15, -0.1) is 0 Å². The molecule has 3 aromatic rings. The van der Waals surface area contributed by atoms with Gasteiger partial charge in [0.1, 0.15) is 17.5 Å². The topological polar surface area (TPSA) is 68.8 Å². The summed E-state index contributed by atoms with van der Waals surface area (Å²) in [6.45, 7) is 7.23. The highest BCUT2D eigenvalue weighted by Crippen LogP contribution is 2.39. The molecule has 2 N–H and O–H groups in total. The molecule has 222 valence electrons. The zero-order chi connectivity index (χ0) is 28.8. The van der Waals surface area contributed by atoms with Crippen molar-refractivity contribution in [2.45, 2.75) is 37.5 Å². The van der Waals surface area contributed by atoms with Crippen molar-refractivity contribution in [3.8, 4) is 0 Å². The standard InChI is InChI=1S/C32H40FN7OS/c33-26-11-9-25(10-12-26)32(13-5-2-6-14-32)24-34-31(42)37-30-35-28(23-29(36-30)40-19-21-41-22-20-40)39-17-15-38(16-18-39)27-7-3-1-4-8-27/h1,3-4,7-12,23H,2,5-6,13-22,24H2,(H2,34,35,36,37,42). The lowest BCUT2D eigenvalue weighted by Gasteiger charge is -2.38. The lowest BCUT2D eigenvalue weighted by atomic mass is 9.69. The van der Waals surface area contributed by atoms with Crippen molar-refractivity contribution >= 4 is 40.6 Å². The number of morpholine rings is 1. The number of piperazine rings is 1. The van der Waals surface area contributed by atoms with Gasteiger partial charge < -0.3 is 30.1 Å². The zero-order valence-corrected chi connectivity index (χ0v) is 24.9. The number of nitrogens with one attached hydrogen (secondary N) is 2. The van der Waals surface area contributed by atoms with Gasteiger partial charge in [-0.1, -0.05) is 49.6 Å². The molecule has 10 heteroatoms. The summed E-state index contributed by atoms with van der Waals surface area (Å²) in [4.78, 5) is 16.8. The van der Waals surface area contributed by atoms with Crippen LogP contribution in [0, 0.1) is 5.82 Å². The summed E-state index contributed by atoms with van der Waals surface area (Å²) < 4.78 is 19.3. The Bertz CT molecular complexity index is 1320. The molecule has 1 saturated carbocycles. The SMILES string of the molecule is Fc1ccc(C2(CNC(=S)Nc3nc(N4CCOCC4)cc(N4CCN(c5ccccc5)CC4)n3)CCCCC2)cc1. The van der Waals surface area contributed by atoms with E-state index in [-0.39, 0.29) is 11.2 Å². The Morgan fingerprint density at radius 3 is 2.10 bits per heavy atom. The lowest BCUT2D eigenvalue weighted by molar-refractivity contribution is 0.122. The highest BCUT2D eigenvalue weighted by atomic mass is 32.1. The van der Waals surface area contributed by atoms with E-state index in [0.717, 1.165) is 76.6 Å². The van der Waals surface area contributed by atoms with Crippen molar-refractivity contribution in [1.29, 1.82) is 0 Å². The molecule has 3 heterocycles. The van der Waals surface area contributed by atoms with Crippen LogP contribution in [-0.2, 0) is 10.2 Å². The molecule has 2 aromatic carbocycles. The normalized spacial score (nSPS) is 18.9. The third kappa shape index (κ3) is 6.76. The summed E-state index contributed by atoms with van der Waals surface area (Å²) in [6, 6.07) is 19.6. The molecule has 0 atom stereocenters. The minimum absolute atomic E-state index is 0.0716. The van der Waals surface area contributed by atoms with Gasteiger partial charge in [0.15, 0.2) is 5.11 Å². The maximum atomic E-state index is 13.7. The molecule has 8 nitrogen and oxygen atoms in total. The Labute approximate surface area is 253 Å². The van der Waals surface area contributed by atoms with E-state index >= 15 is 0 Å². The van der Waals surface area contributed by atoms with Gasteiger partial charge in [0.25, 0.3) is 0 Å². The first-order valence-electron chi connectivity index (χ1n) is 15.2. The first-order valence-corrected chi connectivity index (χ1v) is 15.6. The maximum Gasteiger partial charge on any atom is 0.232 e. The van der Waals surface area contributed by atoms with E-state index in [9.17, 15) is 4.39 Å². The Morgan fingerprint density at radius 2 is 1.43 bits per heavy atom. The molecule has 1 aromatic heterocycles. The Kier molecular flexibility index (Phi) is 9.00. The summed E-state index contributed by atoms with van der Waals surface area (Å²) in [6.07, 6.45) is 5.65. The van der Waals surface area contributed by atoms with E-state index in [1.807, 2.05) is 12.1 Å². The summed E-state index contributed by atoms with van der Waals surface area (Å²) in [5.41, 5.74) is 2.35. The van der Waals surface area contributed by atoms with Gasteiger partial charge in [-0.3, -0.25) is 0 Å². The molecule has 2 saturated heterocycles. The van der Waals surface area contributed by atoms with Crippen LogP contribution in [0.15, 0.2) is 60.7 Å². The lowest BCUT2D eigenvalue weighted by Crippen LogP contribution is -2.47. The van der Waals surface area contributed by atoms with Crippen LogP contribution in [0.5, 0.6) is 0 Å². The largest absolute Gasteiger partial charge is 0.378 e. The van der Waals surface area contributed by atoms with Crippen molar-refractivity contribution < 1.29 is 9.13 Å². The minimum atomic E-state index is -0.204. The summed E-state index contributed by atoms with van der Waals surface area (Å²) in [7, 11) is 0. The first-order chi connectivity index (χ1) is 20.6. The van der Waals surface area contributed by atoms with Gasteiger partial charge in [0.2, 0.25) is 5.95 Å². The fraction of sp³-hybridized carbons (Fsp3) is 0.469. The number of benzene rings is 2. The van der Waals surface area contributed by atoms with Gasteiger partial charge in [-0.05, 0) is 54.9 Å². The number of aromatic nitrogens is 2. The Hall–Kier alpha value is -3.50. The van der Waals surface area contributed by atoms with Gasteiger partial charge >= 0.3 is 0 Å². The molecule has 3 fully saturated rings. The van der Waals surface area contributed by atoms with Crippen LogP contribution in [0.2, 0.25) is 0 Å². The van der Waals surface area contributed by atoms with Crippen molar-refractivity contribution in [2.75, 3.05) is 79.0 Å². The number of anilines is 4. The maximum absolute atomic E-state index is 13.7. The van der Waals surface area contributed by atoms with Crippen molar-refractivity contribution in [1.82, 2.24) is 15.3 Å². The van der Waals surface area contributed by atoms with Gasteiger partial charge in [-0.2, -0.15) is 9.97 Å². The first kappa shape index (κ1) is 28.6. The number of para-hydroxylation sites is 1. The molecular formula is C32H40FN7OS. The Balaban J connectivity index is 1.16. The molecular weight excluding hydrogens is 549 g/mol. The van der Waals surface area contributed by atoms with Crippen LogP contribution < -0.4 is 25.3 Å². The number of hydrogen-bond donors (Lipinski definition) is 2. The molecule has 3 aliphatic rings. The van der Waals surface area contributed by atoms with E-state index in [1.165, 1.54) is 17.7 Å². The van der Waals surface area contributed by atoms with Crippen LogP contribution in [0.1, 0.15) is 37.7 Å². The highest BCUT2D eigenvalue weighted by Gasteiger charge is 2.34. The predicted molar refractivity (Wildman–Crippen MR) is 171 cm³/mol. The number of nitrogens with zero attached hydrogens (tertiary/aromatic N) is 5. The zero-order valence-electron chi connectivity index (χ0n) is 24.1. The summed E-state index contributed by atoms with van der Waals surface area (Å²) >= 11 is 5.78. The molecule has 6 rings (SSSR count). The molecule has 2 aliphatic heterocycles. The number of ether oxygens (including phenoxy) is 1. The van der Waals surface area contributed by atoms with E-state index in [0.29, 0.717) is 30.8 Å². The average molecular weight is 590 g/mol. The third-order valence-electron chi connectivity index (χ3n) is 8.84. The molecule has 0 spiro atoms. The van der Waals surface area contributed by atoms with Gasteiger partial charge in [-0.25, -0.2) is 4.39 Å². The highest BCUT2D eigenvalue weighted by molar-refractivity contribution is 7.80.